The number of likely N-dealkylation sites (N-methyl/N-ethyl adjacent to an activating group) is 1. The highest BCUT2D eigenvalue weighted by molar-refractivity contribution is 5.88. The smallest absolute Gasteiger partial charge is 0.418 e. The fourth-order valence-corrected chi connectivity index (χ4v) is 5.42. The molecule has 3 aromatic carbocycles. The Kier molecular flexibility index (Phi) is 11.9. The molecule has 1 amide bonds. The quantitative estimate of drug-likeness (QED) is 0.143. The van der Waals surface area contributed by atoms with Gasteiger partial charge in [-0.25, -0.2) is 14.2 Å². The molecule has 1 aromatic heterocycles. The molecule has 11 nitrogen and oxygen atoms in total. The van der Waals surface area contributed by atoms with Crippen LogP contribution in [0.15, 0.2) is 60.7 Å². The number of ether oxygens (including phenoxy) is 4. The van der Waals surface area contributed by atoms with Crippen LogP contribution in [0.5, 0.6) is 23.1 Å². The number of hydrogen-bond acceptors (Lipinski definition) is 10. The summed E-state index contributed by atoms with van der Waals surface area (Å²) in [5.41, 5.74) is 4.44. The fourth-order valence-electron chi connectivity index (χ4n) is 5.42. The van der Waals surface area contributed by atoms with E-state index in [4.69, 9.17) is 23.9 Å². The number of aryl methyl sites for hydroxylation is 1. The summed E-state index contributed by atoms with van der Waals surface area (Å²) >= 11 is 0. The normalized spacial score (nSPS) is 13.6. The molecule has 260 valence electrons. The van der Waals surface area contributed by atoms with Gasteiger partial charge >= 0.3 is 6.09 Å². The van der Waals surface area contributed by atoms with Gasteiger partial charge in [0.1, 0.15) is 11.6 Å². The zero-order chi connectivity index (χ0) is 34.9. The molecule has 0 saturated carbocycles. The number of methoxy groups -OCH3 is 1. The van der Waals surface area contributed by atoms with Crippen molar-refractivity contribution in [2.45, 2.75) is 40.2 Å². The van der Waals surface area contributed by atoms with Gasteiger partial charge in [-0.05, 0) is 76.6 Å². The van der Waals surface area contributed by atoms with Crippen molar-refractivity contribution in [3.05, 3.63) is 77.6 Å². The van der Waals surface area contributed by atoms with Crippen molar-refractivity contribution in [2.24, 2.45) is 0 Å². The van der Waals surface area contributed by atoms with Gasteiger partial charge in [0.05, 0.1) is 31.2 Å². The maximum absolute atomic E-state index is 13.9. The number of benzene rings is 3. The first-order chi connectivity index (χ1) is 23.6. The van der Waals surface area contributed by atoms with Crippen LogP contribution in [-0.4, -0.2) is 85.5 Å². The van der Waals surface area contributed by atoms with E-state index in [2.05, 4.69) is 32.5 Å². The van der Waals surface area contributed by atoms with Crippen LogP contribution in [0.3, 0.4) is 0 Å². The lowest BCUT2D eigenvalue weighted by molar-refractivity contribution is 0.145. The Bertz CT molecular complexity index is 1740. The molecular formula is C37H45FN6O5. The standard InChI is InChI=1S/C37H45FN6O5/c1-24(2)48-33-21-27(38)11-13-30(33)41-37(45)49-35-23-31(29-10-7-9-25(3)26(29)4)40-36(42-35)39-28-12-14-32(34(22-28)46-6)47-20-8-15-44-18-16-43(5)17-19-44/h7,9-14,21-24H,8,15-20H2,1-6H3,(H,41,45)(H,39,40,42). The van der Waals surface area contributed by atoms with Crippen molar-refractivity contribution in [1.82, 2.24) is 19.8 Å². The van der Waals surface area contributed by atoms with Gasteiger partial charge < -0.3 is 34.1 Å². The number of amides is 1. The summed E-state index contributed by atoms with van der Waals surface area (Å²) in [7, 11) is 3.75. The lowest BCUT2D eigenvalue weighted by Gasteiger charge is -2.32. The Balaban J connectivity index is 1.33. The Labute approximate surface area is 287 Å². The molecule has 4 aromatic rings. The van der Waals surface area contributed by atoms with Crippen LogP contribution in [0.2, 0.25) is 0 Å². The maximum Gasteiger partial charge on any atom is 0.418 e. The number of nitrogens with one attached hydrogen (secondary N) is 2. The van der Waals surface area contributed by atoms with Gasteiger partial charge in [-0.3, -0.25) is 5.32 Å². The summed E-state index contributed by atoms with van der Waals surface area (Å²) in [5, 5.41) is 5.86. The summed E-state index contributed by atoms with van der Waals surface area (Å²) in [5.74, 6) is 1.10. The molecule has 1 aliphatic rings. The van der Waals surface area contributed by atoms with Crippen molar-refractivity contribution < 1.29 is 28.1 Å². The second kappa shape index (κ2) is 16.4. The van der Waals surface area contributed by atoms with Gasteiger partial charge in [0.25, 0.3) is 0 Å². The van der Waals surface area contributed by atoms with E-state index in [-0.39, 0.29) is 29.4 Å². The topological polar surface area (TPSA) is 110 Å². The Morgan fingerprint density at radius 1 is 0.959 bits per heavy atom. The lowest BCUT2D eigenvalue weighted by Crippen LogP contribution is -2.44. The fraction of sp³-hybridized carbons (Fsp3) is 0.378. The number of halogens is 1. The monoisotopic (exact) mass is 672 g/mol. The molecule has 1 aliphatic heterocycles. The second-order valence-electron chi connectivity index (χ2n) is 12.3. The summed E-state index contributed by atoms with van der Waals surface area (Å²) < 4.78 is 37.0. The van der Waals surface area contributed by atoms with E-state index in [1.54, 1.807) is 13.2 Å². The number of anilines is 3. The highest BCUT2D eigenvalue weighted by Crippen LogP contribution is 2.33. The molecule has 0 bridgehead atoms. The van der Waals surface area contributed by atoms with Crippen molar-refractivity contribution in [3.63, 3.8) is 0 Å². The molecule has 0 aliphatic carbocycles. The Hall–Kier alpha value is -4.94. The van der Waals surface area contributed by atoms with E-state index >= 15 is 0 Å². The van der Waals surface area contributed by atoms with Crippen LogP contribution in [0.1, 0.15) is 31.4 Å². The van der Waals surface area contributed by atoms with Crippen molar-refractivity contribution >= 4 is 23.4 Å². The highest BCUT2D eigenvalue weighted by Gasteiger charge is 2.17. The van der Waals surface area contributed by atoms with E-state index in [0.717, 1.165) is 55.8 Å². The third kappa shape index (κ3) is 9.80. The van der Waals surface area contributed by atoms with Crippen LogP contribution in [0, 0.1) is 19.7 Å². The van der Waals surface area contributed by atoms with Crippen molar-refractivity contribution in [3.8, 4) is 34.4 Å². The van der Waals surface area contributed by atoms with Gasteiger partial charge in [0.15, 0.2) is 11.5 Å². The average Bonchev–Trinajstić information content (AvgIpc) is 3.06. The number of carbonyl (C=O) groups excluding carboxylic acids is 1. The minimum Gasteiger partial charge on any atom is -0.493 e. The minimum absolute atomic E-state index is 0.00612. The summed E-state index contributed by atoms with van der Waals surface area (Å²) in [6, 6.07) is 16.9. The van der Waals surface area contributed by atoms with E-state index < -0.39 is 11.9 Å². The predicted octanol–water partition coefficient (Wildman–Crippen LogP) is 7.07. The largest absolute Gasteiger partial charge is 0.493 e. The minimum atomic E-state index is -0.826. The van der Waals surface area contributed by atoms with E-state index in [1.165, 1.54) is 18.2 Å². The van der Waals surface area contributed by atoms with Crippen LogP contribution in [-0.2, 0) is 0 Å². The lowest BCUT2D eigenvalue weighted by atomic mass is 10.0. The number of carbonyl (C=O) groups is 1. The molecule has 12 heteroatoms. The number of hydrogen-bond donors (Lipinski definition) is 2. The molecule has 0 atom stereocenters. The molecule has 2 heterocycles. The summed E-state index contributed by atoms with van der Waals surface area (Å²) in [6.45, 7) is 13.5. The van der Waals surface area contributed by atoms with Crippen LogP contribution in [0.4, 0.5) is 26.5 Å². The van der Waals surface area contributed by atoms with E-state index in [9.17, 15) is 9.18 Å². The number of rotatable bonds is 13. The number of nitrogens with zero attached hydrogens (tertiary/aromatic N) is 4. The predicted molar refractivity (Wildman–Crippen MR) is 189 cm³/mol. The van der Waals surface area contributed by atoms with Gasteiger partial charge in [-0.2, -0.15) is 4.98 Å². The van der Waals surface area contributed by atoms with Crippen LogP contribution in [0.25, 0.3) is 11.3 Å². The molecule has 5 rings (SSSR count). The molecule has 1 fully saturated rings. The summed E-state index contributed by atoms with van der Waals surface area (Å²) in [4.78, 5) is 27.1. The van der Waals surface area contributed by atoms with Crippen LogP contribution < -0.4 is 29.6 Å². The first-order valence-corrected chi connectivity index (χ1v) is 16.5. The SMILES string of the molecule is COc1cc(Nc2nc(OC(=O)Nc3ccc(F)cc3OC(C)C)cc(-c3cccc(C)c3C)n2)ccc1OCCCN1CCN(C)CC1. The van der Waals surface area contributed by atoms with Crippen molar-refractivity contribution in [1.29, 1.82) is 0 Å². The van der Waals surface area contributed by atoms with Gasteiger partial charge in [-0.1, -0.05) is 18.2 Å². The molecular weight excluding hydrogens is 627 g/mol. The maximum atomic E-state index is 13.9. The number of aromatic nitrogens is 2. The zero-order valence-corrected chi connectivity index (χ0v) is 29.0. The van der Waals surface area contributed by atoms with E-state index in [1.807, 2.05) is 64.1 Å². The van der Waals surface area contributed by atoms with Gasteiger partial charge in [0.2, 0.25) is 11.8 Å². The van der Waals surface area contributed by atoms with Crippen molar-refractivity contribution in [2.75, 3.05) is 64.1 Å². The molecule has 0 unspecified atom stereocenters. The second-order valence-corrected chi connectivity index (χ2v) is 12.3. The molecule has 0 radical (unpaired) electrons. The molecule has 49 heavy (non-hydrogen) atoms. The molecule has 0 spiro atoms. The summed E-state index contributed by atoms with van der Waals surface area (Å²) in [6.07, 6.45) is -0.150. The Morgan fingerprint density at radius 3 is 2.51 bits per heavy atom. The van der Waals surface area contributed by atoms with Gasteiger partial charge in [0, 0.05) is 62.2 Å². The van der Waals surface area contributed by atoms with E-state index in [0.29, 0.717) is 29.5 Å². The zero-order valence-electron chi connectivity index (χ0n) is 29.0. The Morgan fingerprint density at radius 2 is 1.76 bits per heavy atom. The van der Waals surface area contributed by atoms with Crippen LogP contribution >= 0.6 is 0 Å². The molecule has 1 saturated heterocycles. The molecule has 2 N–H and O–H groups in total. The number of piperazine rings is 1. The first-order valence-electron chi connectivity index (χ1n) is 16.5. The third-order valence-electron chi connectivity index (χ3n) is 8.22. The highest BCUT2D eigenvalue weighted by atomic mass is 19.1. The third-order valence-corrected chi connectivity index (χ3v) is 8.22. The van der Waals surface area contributed by atoms with Gasteiger partial charge in [-0.15, -0.1) is 0 Å². The average molecular weight is 673 g/mol. The first kappa shape index (κ1) is 35.4.